The minimum atomic E-state index is -4.41. The van der Waals surface area contributed by atoms with E-state index in [1.54, 1.807) is 0 Å². The Balaban J connectivity index is 4.06. The molecule has 9 nitrogen and oxygen atoms in total. The molecule has 0 amide bonds. The molecule has 0 saturated heterocycles. The number of nitrogens with two attached hydrogens (primary N) is 1. The van der Waals surface area contributed by atoms with Crippen LogP contribution in [0, 0.1) is 0 Å². The van der Waals surface area contributed by atoms with Gasteiger partial charge in [-0.2, -0.15) is 0 Å². The first-order valence-corrected chi connectivity index (χ1v) is 31.5. The van der Waals surface area contributed by atoms with Crippen LogP contribution >= 0.6 is 7.82 Å². The third-order valence-corrected chi connectivity index (χ3v) is 12.9. The third-order valence-electron chi connectivity index (χ3n) is 11.9. The van der Waals surface area contributed by atoms with Crippen molar-refractivity contribution in [2.45, 2.75) is 225 Å². The maximum Gasteiger partial charge on any atom is 0.472 e. The summed E-state index contributed by atoms with van der Waals surface area (Å²) >= 11 is 0. The lowest BCUT2D eigenvalue weighted by atomic mass is 10.1. The number of esters is 2. The van der Waals surface area contributed by atoms with Crippen LogP contribution in [0.25, 0.3) is 0 Å². The Morgan fingerprint density at radius 1 is 0.403 bits per heavy atom. The van der Waals surface area contributed by atoms with Crippen LogP contribution in [0.3, 0.4) is 0 Å². The highest BCUT2D eigenvalue weighted by Gasteiger charge is 2.26. The van der Waals surface area contributed by atoms with Gasteiger partial charge in [0.1, 0.15) is 6.61 Å². The summed E-state index contributed by atoms with van der Waals surface area (Å²) in [6.07, 6.45) is 88.8. The molecule has 2 unspecified atom stereocenters. The van der Waals surface area contributed by atoms with Gasteiger partial charge in [-0.1, -0.05) is 236 Å². The summed E-state index contributed by atoms with van der Waals surface area (Å²) in [5, 5.41) is 0. The normalized spacial score (nSPS) is 14.2. The van der Waals surface area contributed by atoms with Crippen LogP contribution in [0.5, 0.6) is 0 Å². The SMILES string of the molecule is CC/C=C\C/C=C\C/C=C\C/C=C\C/C=C\C/C=C\C/C=C\C/C=C\C/C=C\C/C=C\C/C=C\C/C=C\CCCCCCC(=O)OC(COC(=O)CCCCCCC/C=C\CCCCCCCC)COP(=O)(O)OCCN. The lowest BCUT2D eigenvalue weighted by Gasteiger charge is -2.19. The van der Waals surface area contributed by atoms with Crippen LogP contribution in [-0.2, 0) is 32.7 Å². The number of unbranched alkanes of at least 4 members (excludes halogenated alkanes) is 15. The van der Waals surface area contributed by atoms with Crippen LogP contribution in [0.1, 0.15) is 219 Å². The number of phosphoric ester groups is 1. The first-order chi connectivity index (χ1) is 37.8. The number of hydrogen-bond acceptors (Lipinski definition) is 8. The van der Waals surface area contributed by atoms with E-state index in [0.29, 0.717) is 12.8 Å². The molecule has 0 aromatic rings. The van der Waals surface area contributed by atoms with Crippen molar-refractivity contribution < 1.29 is 37.6 Å². The lowest BCUT2D eigenvalue weighted by molar-refractivity contribution is -0.161. The third kappa shape index (κ3) is 60.7. The van der Waals surface area contributed by atoms with Gasteiger partial charge >= 0.3 is 19.8 Å². The number of hydrogen-bond donors (Lipinski definition) is 2. The molecule has 434 valence electrons. The fraction of sp³-hybridized carbons (Fsp3) is 0.582. The molecule has 0 bridgehead atoms. The first-order valence-electron chi connectivity index (χ1n) is 30.0. The van der Waals surface area contributed by atoms with E-state index in [1.807, 2.05) is 0 Å². The second-order valence-corrected chi connectivity index (χ2v) is 20.6. The molecular formula is C67H108NO8P. The zero-order valence-corrected chi connectivity index (χ0v) is 49.3. The molecule has 10 heteroatoms. The van der Waals surface area contributed by atoms with E-state index >= 15 is 0 Å². The zero-order valence-electron chi connectivity index (χ0n) is 48.4. The minimum absolute atomic E-state index is 0.0400. The van der Waals surface area contributed by atoms with Crippen molar-refractivity contribution in [3.05, 3.63) is 158 Å². The second-order valence-electron chi connectivity index (χ2n) is 19.1. The standard InChI is InChI=1S/C67H108NO8P/c1-3-5-7-9-11-13-15-17-19-20-21-22-23-24-25-26-27-28-29-30-31-32-33-34-35-36-37-38-39-40-41-42-43-44-46-48-50-52-54-56-58-60-67(70)76-65(64-75-77(71,72)74-62-61-68)63-73-66(69)59-57-55-53-51-49-47-45-18-16-14-12-10-8-6-4-2/h5,7,11,13,17-19,21-22,24-25,27-28,30-31,33-34,36-37,39-40,42-43,45-46,48,65H,3-4,6,8-10,12,14-16,20,23,26,29,32,35,38,41,44,47,49-64,68H2,1-2H3,(H,71,72)/b7-5-,13-11-,19-17-,22-21-,25-24-,28-27-,31-30-,34-33-,37-36-,40-39-,43-42-,45-18-,48-46-. The molecule has 0 spiro atoms. The van der Waals surface area contributed by atoms with Gasteiger partial charge in [0.2, 0.25) is 0 Å². The van der Waals surface area contributed by atoms with Crippen LogP contribution < -0.4 is 5.73 Å². The Labute approximate surface area is 470 Å². The summed E-state index contributed by atoms with van der Waals surface area (Å²) in [5.41, 5.74) is 5.37. The average Bonchev–Trinajstić information content (AvgIpc) is 3.42. The molecule has 2 atom stereocenters. The quantitative estimate of drug-likeness (QED) is 0.0264. The van der Waals surface area contributed by atoms with Gasteiger partial charge in [0, 0.05) is 19.4 Å². The molecule has 0 saturated carbocycles. The summed E-state index contributed by atoms with van der Waals surface area (Å²) < 4.78 is 32.9. The predicted molar refractivity (Wildman–Crippen MR) is 330 cm³/mol. The Kier molecular flexibility index (Phi) is 57.4. The Morgan fingerprint density at radius 3 is 1.08 bits per heavy atom. The van der Waals surface area contributed by atoms with Crippen molar-refractivity contribution in [3.8, 4) is 0 Å². The predicted octanol–water partition coefficient (Wildman–Crippen LogP) is 19.3. The van der Waals surface area contributed by atoms with E-state index in [1.165, 1.54) is 44.9 Å². The largest absolute Gasteiger partial charge is 0.472 e. The number of carbonyl (C=O) groups excluding carboxylic acids is 2. The molecular weight excluding hydrogens is 978 g/mol. The number of phosphoric acid groups is 1. The number of carbonyl (C=O) groups is 2. The fourth-order valence-corrected chi connectivity index (χ4v) is 8.26. The van der Waals surface area contributed by atoms with Gasteiger partial charge in [0.15, 0.2) is 6.10 Å². The van der Waals surface area contributed by atoms with Gasteiger partial charge in [-0.15, -0.1) is 0 Å². The van der Waals surface area contributed by atoms with E-state index in [0.717, 1.165) is 135 Å². The molecule has 0 rings (SSSR count). The molecule has 0 aromatic carbocycles. The molecule has 0 aliphatic heterocycles. The number of rotatable bonds is 54. The monoisotopic (exact) mass is 1090 g/mol. The van der Waals surface area contributed by atoms with E-state index < -0.39 is 32.5 Å². The molecule has 0 radical (unpaired) electrons. The van der Waals surface area contributed by atoms with E-state index in [4.69, 9.17) is 24.3 Å². The van der Waals surface area contributed by atoms with Crippen LogP contribution in [0.15, 0.2) is 158 Å². The van der Waals surface area contributed by atoms with Crippen molar-refractivity contribution in [2.24, 2.45) is 5.73 Å². The first kappa shape index (κ1) is 72.6. The van der Waals surface area contributed by atoms with Crippen molar-refractivity contribution in [1.29, 1.82) is 0 Å². The zero-order chi connectivity index (χ0) is 55.9. The van der Waals surface area contributed by atoms with E-state index in [9.17, 15) is 19.0 Å². The maximum atomic E-state index is 12.7. The Hall–Kier alpha value is -4.37. The highest BCUT2D eigenvalue weighted by atomic mass is 31.2. The van der Waals surface area contributed by atoms with Gasteiger partial charge in [-0.05, 0) is 128 Å². The smallest absolute Gasteiger partial charge is 0.462 e. The molecule has 0 aliphatic rings. The molecule has 3 N–H and O–H groups in total. The highest BCUT2D eigenvalue weighted by Crippen LogP contribution is 2.43. The Bertz CT molecular complexity index is 1810. The second kappa shape index (κ2) is 60.9. The van der Waals surface area contributed by atoms with Crippen LogP contribution in [-0.4, -0.2) is 49.3 Å². The summed E-state index contributed by atoms with van der Waals surface area (Å²) in [5.74, 6) is -0.878. The van der Waals surface area contributed by atoms with Gasteiger partial charge in [-0.3, -0.25) is 18.6 Å². The van der Waals surface area contributed by atoms with Crippen LogP contribution in [0.2, 0.25) is 0 Å². The number of allylic oxidation sites excluding steroid dienone is 26. The van der Waals surface area contributed by atoms with Crippen molar-refractivity contribution in [1.82, 2.24) is 0 Å². The summed E-state index contributed by atoms with van der Waals surface area (Å²) in [4.78, 5) is 35.1. The molecule has 0 aliphatic carbocycles. The summed E-state index contributed by atoms with van der Waals surface area (Å²) in [6, 6.07) is 0. The highest BCUT2D eigenvalue weighted by molar-refractivity contribution is 7.47. The summed E-state index contributed by atoms with van der Waals surface area (Å²) in [6.45, 7) is 3.56. The molecule has 0 fully saturated rings. The van der Waals surface area contributed by atoms with Crippen molar-refractivity contribution in [2.75, 3.05) is 26.4 Å². The average molecular weight is 1090 g/mol. The summed E-state index contributed by atoms with van der Waals surface area (Å²) in [7, 11) is -4.41. The van der Waals surface area contributed by atoms with Gasteiger partial charge in [-0.25, -0.2) is 4.57 Å². The fourth-order valence-electron chi connectivity index (χ4n) is 7.49. The molecule has 77 heavy (non-hydrogen) atoms. The maximum absolute atomic E-state index is 12.7. The minimum Gasteiger partial charge on any atom is -0.462 e. The van der Waals surface area contributed by atoms with Gasteiger partial charge in [0.05, 0.1) is 13.2 Å². The van der Waals surface area contributed by atoms with Crippen molar-refractivity contribution >= 4 is 19.8 Å². The topological polar surface area (TPSA) is 134 Å². The van der Waals surface area contributed by atoms with Crippen LogP contribution in [0.4, 0.5) is 0 Å². The number of ether oxygens (including phenoxy) is 2. The lowest BCUT2D eigenvalue weighted by Crippen LogP contribution is -2.29. The molecule has 0 aromatic heterocycles. The van der Waals surface area contributed by atoms with Crippen molar-refractivity contribution in [3.63, 3.8) is 0 Å². The Morgan fingerprint density at radius 2 is 0.714 bits per heavy atom. The van der Waals surface area contributed by atoms with Gasteiger partial charge in [0.25, 0.3) is 0 Å². The van der Waals surface area contributed by atoms with E-state index in [-0.39, 0.29) is 32.6 Å². The van der Waals surface area contributed by atoms with E-state index in [2.05, 4.69) is 172 Å². The van der Waals surface area contributed by atoms with Gasteiger partial charge < -0.3 is 20.1 Å². The molecule has 0 heterocycles.